The number of nitrogens with zero attached hydrogens (tertiary/aromatic N) is 2. The van der Waals surface area contributed by atoms with Gasteiger partial charge >= 0.3 is 0 Å². The van der Waals surface area contributed by atoms with Gasteiger partial charge in [0.1, 0.15) is 11.4 Å². The molecule has 0 aliphatic heterocycles. The van der Waals surface area contributed by atoms with Gasteiger partial charge in [0.2, 0.25) is 0 Å². The lowest BCUT2D eigenvalue weighted by molar-refractivity contribution is -0.392. The Morgan fingerprint density at radius 3 is 2.04 bits per heavy atom. The van der Waals surface area contributed by atoms with Crippen molar-refractivity contribution in [3.05, 3.63) is 74.8 Å². The molecule has 0 saturated carbocycles. The summed E-state index contributed by atoms with van der Waals surface area (Å²) >= 11 is 0. The van der Waals surface area contributed by atoms with E-state index in [9.17, 15) is 20.2 Å². The average molecular weight is 339 g/mol. The zero-order valence-electron chi connectivity index (χ0n) is 13.1. The van der Waals surface area contributed by atoms with Crippen molar-refractivity contribution in [2.75, 3.05) is 12.4 Å². The summed E-state index contributed by atoms with van der Waals surface area (Å²) in [6.07, 6.45) is 0. The first-order chi connectivity index (χ1) is 12.0. The number of methoxy groups -OCH3 is 1. The van der Waals surface area contributed by atoms with Crippen LogP contribution in [0, 0.1) is 20.2 Å². The molecule has 0 spiro atoms. The van der Waals surface area contributed by atoms with Crippen LogP contribution in [0.3, 0.4) is 0 Å². The number of fused-ring (bicyclic) bond motifs is 1. The first kappa shape index (κ1) is 16.2. The maximum absolute atomic E-state index is 11.5. The SMILES string of the molecule is COc1ccc(Nc2c([N+](=O)[O-])cc([N+](=O)[O-])c3ccccc23)cc1. The van der Waals surface area contributed by atoms with E-state index in [4.69, 9.17) is 4.74 Å². The number of nitro benzene ring substituents is 2. The summed E-state index contributed by atoms with van der Waals surface area (Å²) in [5.74, 6) is 0.647. The monoisotopic (exact) mass is 339 g/mol. The molecule has 0 atom stereocenters. The van der Waals surface area contributed by atoms with Gasteiger partial charge in [-0.3, -0.25) is 20.2 Å². The van der Waals surface area contributed by atoms with E-state index in [1.54, 1.807) is 48.5 Å². The van der Waals surface area contributed by atoms with E-state index in [2.05, 4.69) is 5.32 Å². The molecule has 1 N–H and O–H groups in total. The molecule has 8 heteroatoms. The first-order valence-corrected chi connectivity index (χ1v) is 7.27. The Kier molecular flexibility index (Phi) is 4.17. The van der Waals surface area contributed by atoms with E-state index in [0.29, 0.717) is 22.2 Å². The van der Waals surface area contributed by atoms with Crippen LogP contribution in [0.1, 0.15) is 0 Å². The van der Waals surface area contributed by atoms with Crippen LogP contribution >= 0.6 is 0 Å². The summed E-state index contributed by atoms with van der Waals surface area (Å²) in [4.78, 5) is 21.5. The number of rotatable bonds is 5. The number of nitro groups is 2. The summed E-state index contributed by atoms with van der Waals surface area (Å²) < 4.78 is 5.08. The summed E-state index contributed by atoms with van der Waals surface area (Å²) in [6.45, 7) is 0. The summed E-state index contributed by atoms with van der Waals surface area (Å²) in [5.41, 5.74) is 0.142. The zero-order valence-corrected chi connectivity index (χ0v) is 13.1. The van der Waals surface area contributed by atoms with Crippen LogP contribution in [0.25, 0.3) is 10.8 Å². The highest BCUT2D eigenvalue weighted by Crippen LogP contribution is 2.40. The van der Waals surface area contributed by atoms with Crippen molar-refractivity contribution in [3.8, 4) is 5.75 Å². The number of non-ortho nitro benzene ring substituents is 1. The van der Waals surface area contributed by atoms with E-state index in [-0.39, 0.29) is 17.1 Å². The number of benzene rings is 3. The van der Waals surface area contributed by atoms with E-state index in [1.807, 2.05) is 0 Å². The van der Waals surface area contributed by atoms with Crippen LogP contribution in [0.4, 0.5) is 22.7 Å². The number of hydrogen-bond donors (Lipinski definition) is 1. The minimum atomic E-state index is -0.634. The molecule has 3 aromatic carbocycles. The standard InChI is InChI=1S/C17H13N3O5/c1-25-12-8-6-11(7-9-12)18-17-14-5-3-2-4-13(14)15(19(21)22)10-16(17)20(23)24/h2-10,18H,1H3. The highest BCUT2D eigenvalue weighted by atomic mass is 16.6. The van der Waals surface area contributed by atoms with Crippen molar-refractivity contribution < 1.29 is 14.6 Å². The predicted molar refractivity (Wildman–Crippen MR) is 93.5 cm³/mol. The van der Waals surface area contributed by atoms with Gasteiger partial charge < -0.3 is 10.1 Å². The maximum Gasteiger partial charge on any atom is 0.300 e. The van der Waals surface area contributed by atoms with Crippen LogP contribution in [0.15, 0.2) is 54.6 Å². The first-order valence-electron chi connectivity index (χ1n) is 7.27. The quantitative estimate of drug-likeness (QED) is 0.545. The van der Waals surface area contributed by atoms with E-state index in [0.717, 1.165) is 6.07 Å². The Labute approximate surface area is 142 Å². The molecule has 0 aromatic heterocycles. The molecule has 0 bridgehead atoms. The second kappa shape index (κ2) is 6.44. The molecule has 3 rings (SSSR count). The van der Waals surface area contributed by atoms with Gasteiger partial charge in [-0.05, 0) is 30.3 Å². The van der Waals surface area contributed by atoms with E-state index in [1.165, 1.54) is 7.11 Å². The van der Waals surface area contributed by atoms with Crippen LogP contribution in [-0.4, -0.2) is 17.0 Å². The lowest BCUT2D eigenvalue weighted by Crippen LogP contribution is -2.01. The van der Waals surface area contributed by atoms with Gasteiger partial charge in [-0.1, -0.05) is 18.2 Å². The lowest BCUT2D eigenvalue weighted by atomic mass is 10.0. The second-order valence-corrected chi connectivity index (χ2v) is 5.20. The Hall–Kier alpha value is -3.68. The topological polar surface area (TPSA) is 108 Å². The summed E-state index contributed by atoms with van der Waals surface area (Å²) in [7, 11) is 1.54. The fourth-order valence-electron chi connectivity index (χ4n) is 2.59. The van der Waals surface area contributed by atoms with Gasteiger partial charge in [-0.25, -0.2) is 0 Å². The fourth-order valence-corrected chi connectivity index (χ4v) is 2.59. The molecular weight excluding hydrogens is 326 g/mol. The Bertz CT molecular complexity index is 970. The molecule has 0 heterocycles. The molecule has 0 radical (unpaired) electrons. The molecule has 0 saturated heterocycles. The summed E-state index contributed by atoms with van der Waals surface area (Å²) in [6, 6.07) is 14.3. The smallest absolute Gasteiger partial charge is 0.300 e. The Morgan fingerprint density at radius 2 is 1.48 bits per heavy atom. The van der Waals surface area contributed by atoms with Crippen LogP contribution in [-0.2, 0) is 0 Å². The number of hydrogen-bond acceptors (Lipinski definition) is 6. The lowest BCUT2D eigenvalue weighted by Gasteiger charge is -2.11. The van der Waals surface area contributed by atoms with Crippen molar-refractivity contribution >= 4 is 33.5 Å². The van der Waals surface area contributed by atoms with E-state index < -0.39 is 9.85 Å². The zero-order chi connectivity index (χ0) is 18.0. The van der Waals surface area contributed by atoms with Crippen LogP contribution in [0.5, 0.6) is 5.75 Å². The minimum absolute atomic E-state index is 0.205. The Morgan fingerprint density at radius 1 is 0.880 bits per heavy atom. The van der Waals surface area contributed by atoms with Crippen molar-refractivity contribution in [2.24, 2.45) is 0 Å². The largest absolute Gasteiger partial charge is 0.497 e. The van der Waals surface area contributed by atoms with Gasteiger partial charge in [0.05, 0.1) is 28.4 Å². The van der Waals surface area contributed by atoms with Gasteiger partial charge in [0.15, 0.2) is 0 Å². The van der Waals surface area contributed by atoms with Crippen molar-refractivity contribution in [1.82, 2.24) is 0 Å². The molecule has 8 nitrogen and oxygen atoms in total. The van der Waals surface area contributed by atoms with Gasteiger partial charge in [-0.15, -0.1) is 0 Å². The molecule has 0 unspecified atom stereocenters. The number of ether oxygens (including phenoxy) is 1. The van der Waals surface area contributed by atoms with Gasteiger partial charge in [-0.2, -0.15) is 0 Å². The average Bonchev–Trinajstić information content (AvgIpc) is 2.62. The minimum Gasteiger partial charge on any atom is -0.497 e. The van der Waals surface area contributed by atoms with Crippen molar-refractivity contribution in [1.29, 1.82) is 0 Å². The normalized spacial score (nSPS) is 10.4. The molecule has 25 heavy (non-hydrogen) atoms. The maximum atomic E-state index is 11.5. The molecule has 0 aliphatic rings. The number of nitrogens with one attached hydrogen (secondary N) is 1. The Balaban J connectivity index is 2.21. The fraction of sp³-hybridized carbons (Fsp3) is 0.0588. The highest BCUT2D eigenvalue weighted by molar-refractivity contribution is 6.04. The number of anilines is 2. The molecule has 0 amide bonds. The van der Waals surface area contributed by atoms with E-state index >= 15 is 0 Å². The molecule has 126 valence electrons. The van der Waals surface area contributed by atoms with Crippen molar-refractivity contribution in [2.45, 2.75) is 0 Å². The summed E-state index contributed by atoms with van der Waals surface area (Å²) in [5, 5.41) is 26.5. The third-order valence-corrected chi connectivity index (χ3v) is 3.75. The molecule has 3 aromatic rings. The van der Waals surface area contributed by atoms with Gasteiger partial charge in [0, 0.05) is 11.1 Å². The second-order valence-electron chi connectivity index (χ2n) is 5.20. The third-order valence-electron chi connectivity index (χ3n) is 3.75. The van der Waals surface area contributed by atoms with Crippen molar-refractivity contribution in [3.63, 3.8) is 0 Å². The third kappa shape index (κ3) is 3.05. The van der Waals surface area contributed by atoms with Gasteiger partial charge in [0.25, 0.3) is 11.4 Å². The van der Waals surface area contributed by atoms with Crippen LogP contribution in [0.2, 0.25) is 0 Å². The molecular formula is C17H13N3O5. The molecule has 0 aliphatic carbocycles. The van der Waals surface area contributed by atoms with Crippen LogP contribution < -0.4 is 10.1 Å². The highest BCUT2D eigenvalue weighted by Gasteiger charge is 2.25. The predicted octanol–water partition coefficient (Wildman–Crippen LogP) is 4.41. The molecule has 0 fully saturated rings.